The Kier molecular flexibility index (Phi) is 11.0. The fourth-order valence-electron chi connectivity index (χ4n) is 4.78. The molecule has 0 N–H and O–H groups in total. The van der Waals surface area contributed by atoms with E-state index in [1.807, 2.05) is 0 Å². The molecule has 1 aromatic carbocycles. The molecule has 0 spiro atoms. The van der Waals surface area contributed by atoms with Crippen molar-refractivity contribution >= 4 is 0 Å². The highest BCUT2D eigenvalue weighted by molar-refractivity contribution is 5.56. The molecular formula is C29H44N2O. The molecule has 32 heavy (non-hydrogen) atoms. The predicted molar refractivity (Wildman–Crippen MR) is 135 cm³/mol. The summed E-state index contributed by atoms with van der Waals surface area (Å²) in [5.41, 5.74) is 3.72. The Morgan fingerprint density at radius 3 is 2.28 bits per heavy atom. The SMILES string of the molecule is CCCCCCCCOc1ccc(-c2ncc3c(n2)CCC(CCCCCCC)C3)cc1. The highest BCUT2D eigenvalue weighted by atomic mass is 16.5. The Labute approximate surface area is 196 Å². The molecule has 2 aromatic rings. The van der Waals surface area contributed by atoms with Crippen LogP contribution in [0.4, 0.5) is 0 Å². The zero-order valence-corrected chi connectivity index (χ0v) is 20.6. The van der Waals surface area contributed by atoms with Crippen LogP contribution in [0.5, 0.6) is 5.75 Å². The molecule has 0 saturated carbocycles. The van der Waals surface area contributed by atoms with Gasteiger partial charge in [-0.25, -0.2) is 9.97 Å². The molecule has 1 aliphatic rings. The number of fused-ring (bicyclic) bond motifs is 1. The maximum Gasteiger partial charge on any atom is 0.159 e. The lowest BCUT2D eigenvalue weighted by Gasteiger charge is -2.24. The second-order valence-corrected chi connectivity index (χ2v) is 9.62. The summed E-state index contributed by atoms with van der Waals surface area (Å²) in [6.45, 7) is 5.35. The van der Waals surface area contributed by atoms with Crippen molar-refractivity contribution in [3.63, 3.8) is 0 Å². The first-order chi connectivity index (χ1) is 15.8. The normalized spacial score (nSPS) is 15.5. The van der Waals surface area contributed by atoms with Crippen LogP contribution in [0.1, 0.15) is 109 Å². The van der Waals surface area contributed by atoms with E-state index in [1.54, 1.807) is 0 Å². The van der Waals surface area contributed by atoms with E-state index in [1.165, 1.54) is 88.3 Å². The van der Waals surface area contributed by atoms with Gasteiger partial charge in [0.2, 0.25) is 0 Å². The minimum atomic E-state index is 0.806. The zero-order valence-electron chi connectivity index (χ0n) is 20.6. The monoisotopic (exact) mass is 436 g/mol. The summed E-state index contributed by atoms with van der Waals surface area (Å²) in [5.74, 6) is 2.62. The van der Waals surface area contributed by atoms with Crippen LogP contribution in [0, 0.1) is 5.92 Å². The summed E-state index contributed by atoms with van der Waals surface area (Å²) in [6, 6.07) is 8.31. The van der Waals surface area contributed by atoms with Crippen LogP contribution in [0.3, 0.4) is 0 Å². The summed E-state index contributed by atoms with van der Waals surface area (Å²) in [5, 5.41) is 0. The van der Waals surface area contributed by atoms with Crippen LogP contribution < -0.4 is 4.74 Å². The van der Waals surface area contributed by atoms with Gasteiger partial charge in [0.25, 0.3) is 0 Å². The average Bonchev–Trinajstić information content (AvgIpc) is 2.83. The van der Waals surface area contributed by atoms with E-state index >= 15 is 0 Å². The maximum absolute atomic E-state index is 5.92. The molecule has 0 radical (unpaired) electrons. The number of rotatable bonds is 15. The number of nitrogens with zero attached hydrogens (tertiary/aromatic N) is 2. The van der Waals surface area contributed by atoms with Gasteiger partial charge in [0.1, 0.15) is 5.75 Å². The van der Waals surface area contributed by atoms with E-state index in [9.17, 15) is 0 Å². The third-order valence-corrected chi connectivity index (χ3v) is 6.85. The molecule has 0 saturated heterocycles. The van der Waals surface area contributed by atoms with Crippen LogP contribution in [-0.4, -0.2) is 16.6 Å². The molecular weight excluding hydrogens is 392 g/mol. The molecule has 3 rings (SSSR count). The molecule has 0 aliphatic heterocycles. The Hall–Kier alpha value is -1.90. The van der Waals surface area contributed by atoms with Crippen molar-refractivity contribution in [2.75, 3.05) is 6.61 Å². The molecule has 0 fully saturated rings. The van der Waals surface area contributed by atoms with E-state index in [4.69, 9.17) is 14.7 Å². The summed E-state index contributed by atoms with van der Waals surface area (Å²) >= 11 is 0. The summed E-state index contributed by atoms with van der Waals surface area (Å²) in [4.78, 5) is 9.63. The van der Waals surface area contributed by atoms with Gasteiger partial charge in [-0.1, -0.05) is 84.5 Å². The number of aromatic nitrogens is 2. The van der Waals surface area contributed by atoms with Crippen molar-refractivity contribution in [2.24, 2.45) is 5.92 Å². The van der Waals surface area contributed by atoms with E-state index in [2.05, 4.69) is 44.3 Å². The van der Waals surface area contributed by atoms with Crippen molar-refractivity contribution in [3.05, 3.63) is 41.7 Å². The minimum absolute atomic E-state index is 0.806. The lowest BCUT2D eigenvalue weighted by atomic mass is 9.84. The van der Waals surface area contributed by atoms with E-state index in [-0.39, 0.29) is 0 Å². The van der Waals surface area contributed by atoms with Crippen LogP contribution >= 0.6 is 0 Å². The molecule has 3 heteroatoms. The van der Waals surface area contributed by atoms with E-state index in [0.29, 0.717) is 0 Å². The molecule has 0 bridgehead atoms. The summed E-state index contributed by atoms with van der Waals surface area (Å²) in [6.07, 6.45) is 21.6. The van der Waals surface area contributed by atoms with E-state index < -0.39 is 0 Å². The predicted octanol–water partition coefficient (Wildman–Crippen LogP) is 8.35. The van der Waals surface area contributed by atoms with Gasteiger partial charge in [0.15, 0.2) is 5.82 Å². The standard InChI is InChI=1S/C29H44N2O/c1-3-5-7-9-11-13-21-32-27-18-16-25(17-19-27)29-30-23-26-22-24(15-20-28(26)31-29)14-12-10-8-6-4-2/h16-19,23-24H,3-15,20-22H2,1-2H3. The number of unbranched alkanes of at least 4 members (excludes halogenated alkanes) is 9. The average molecular weight is 437 g/mol. The number of ether oxygens (including phenoxy) is 1. The quantitative estimate of drug-likeness (QED) is 0.263. The van der Waals surface area contributed by atoms with Crippen LogP contribution in [-0.2, 0) is 12.8 Å². The number of benzene rings is 1. The topological polar surface area (TPSA) is 35.0 Å². The Morgan fingerprint density at radius 2 is 1.53 bits per heavy atom. The van der Waals surface area contributed by atoms with Gasteiger partial charge >= 0.3 is 0 Å². The maximum atomic E-state index is 5.92. The fourth-order valence-corrected chi connectivity index (χ4v) is 4.78. The van der Waals surface area contributed by atoms with Gasteiger partial charge in [-0.3, -0.25) is 0 Å². The number of aryl methyl sites for hydroxylation is 1. The molecule has 176 valence electrons. The minimum Gasteiger partial charge on any atom is -0.494 e. The molecule has 3 nitrogen and oxygen atoms in total. The van der Waals surface area contributed by atoms with Crippen molar-refractivity contribution in [2.45, 2.75) is 110 Å². The fraction of sp³-hybridized carbons (Fsp3) is 0.655. The van der Waals surface area contributed by atoms with E-state index in [0.717, 1.165) is 48.9 Å². The van der Waals surface area contributed by atoms with Crippen molar-refractivity contribution in [1.29, 1.82) is 0 Å². The number of hydrogen-bond acceptors (Lipinski definition) is 3. The molecule has 0 amide bonds. The van der Waals surface area contributed by atoms with Crippen molar-refractivity contribution in [3.8, 4) is 17.1 Å². The summed E-state index contributed by atoms with van der Waals surface area (Å²) < 4.78 is 5.92. The third-order valence-electron chi connectivity index (χ3n) is 6.85. The smallest absolute Gasteiger partial charge is 0.159 e. The summed E-state index contributed by atoms with van der Waals surface area (Å²) in [7, 11) is 0. The third kappa shape index (κ3) is 8.22. The van der Waals surface area contributed by atoms with Gasteiger partial charge < -0.3 is 4.74 Å². The van der Waals surface area contributed by atoms with Crippen molar-refractivity contribution < 1.29 is 4.74 Å². The number of hydrogen-bond donors (Lipinski definition) is 0. The molecule has 1 unspecified atom stereocenters. The highest BCUT2D eigenvalue weighted by Gasteiger charge is 2.20. The van der Waals surface area contributed by atoms with Gasteiger partial charge in [0, 0.05) is 17.5 Å². The van der Waals surface area contributed by atoms with Crippen LogP contribution in [0.25, 0.3) is 11.4 Å². The first-order valence-electron chi connectivity index (χ1n) is 13.4. The largest absolute Gasteiger partial charge is 0.494 e. The van der Waals surface area contributed by atoms with Gasteiger partial charge in [0.05, 0.1) is 6.61 Å². The molecule has 1 heterocycles. The molecule has 1 aromatic heterocycles. The Balaban J connectivity index is 1.43. The lowest BCUT2D eigenvalue weighted by Crippen LogP contribution is -2.16. The first-order valence-corrected chi connectivity index (χ1v) is 13.4. The van der Waals surface area contributed by atoms with Crippen LogP contribution in [0.15, 0.2) is 30.5 Å². The Morgan fingerprint density at radius 1 is 0.844 bits per heavy atom. The second kappa shape index (κ2) is 14.3. The van der Waals surface area contributed by atoms with Crippen molar-refractivity contribution in [1.82, 2.24) is 9.97 Å². The van der Waals surface area contributed by atoms with Crippen LogP contribution in [0.2, 0.25) is 0 Å². The highest BCUT2D eigenvalue weighted by Crippen LogP contribution is 2.29. The first kappa shape index (κ1) is 24.7. The zero-order chi connectivity index (χ0) is 22.4. The molecule has 1 aliphatic carbocycles. The Bertz CT molecular complexity index is 771. The molecule has 1 atom stereocenters. The van der Waals surface area contributed by atoms with Gasteiger partial charge in [-0.2, -0.15) is 0 Å². The van der Waals surface area contributed by atoms with Gasteiger partial charge in [-0.15, -0.1) is 0 Å². The lowest BCUT2D eigenvalue weighted by molar-refractivity contribution is 0.304. The van der Waals surface area contributed by atoms with Gasteiger partial charge in [-0.05, 0) is 61.4 Å². The second-order valence-electron chi connectivity index (χ2n) is 9.62.